The lowest BCUT2D eigenvalue weighted by Crippen LogP contribution is -2.07. The zero-order valence-corrected chi connectivity index (χ0v) is 8.79. The lowest BCUT2D eigenvalue weighted by molar-refractivity contribution is 0.358. The molecule has 3 atom stereocenters. The van der Waals surface area contributed by atoms with Crippen molar-refractivity contribution in [3.8, 4) is 0 Å². The zero-order valence-electron chi connectivity index (χ0n) is 7.97. The summed E-state index contributed by atoms with van der Waals surface area (Å²) in [6.45, 7) is 4.73. The van der Waals surface area contributed by atoms with E-state index in [1.807, 2.05) is 0 Å². The van der Waals surface area contributed by atoms with Gasteiger partial charge in [0.15, 0.2) is 0 Å². The van der Waals surface area contributed by atoms with Crippen LogP contribution < -0.4 is 0 Å². The summed E-state index contributed by atoms with van der Waals surface area (Å²) in [5, 5.41) is 0.981. The molecule has 0 N–H and O–H groups in total. The summed E-state index contributed by atoms with van der Waals surface area (Å²) in [6.07, 6.45) is 8.06. The van der Waals surface area contributed by atoms with E-state index in [0.717, 1.165) is 17.1 Å². The fourth-order valence-electron chi connectivity index (χ4n) is 2.04. The van der Waals surface area contributed by atoms with Crippen LogP contribution in [0.2, 0.25) is 0 Å². The van der Waals surface area contributed by atoms with E-state index in [-0.39, 0.29) is 0 Å². The van der Waals surface area contributed by atoms with Crippen LogP contribution in [0.1, 0.15) is 39.5 Å². The number of hydrogen-bond acceptors (Lipinski definition) is 1. The maximum Gasteiger partial charge on any atom is 0.00471 e. The molecule has 0 spiro atoms. The topological polar surface area (TPSA) is 0 Å². The molecule has 0 aromatic rings. The highest BCUT2D eigenvalue weighted by molar-refractivity contribution is 7.99. The average Bonchev–Trinajstić information content (AvgIpc) is 2.50. The lowest BCUT2D eigenvalue weighted by Gasteiger charge is -2.16. The summed E-state index contributed by atoms with van der Waals surface area (Å²) in [6, 6.07) is 0. The minimum atomic E-state index is 0.965. The Morgan fingerprint density at radius 3 is 2.64 bits per heavy atom. The Balaban J connectivity index is 2.29. The Hall–Kier alpha value is 0.350. The highest BCUT2D eigenvalue weighted by Crippen LogP contribution is 2.37. The Labute approximate surface area is 75.1 Å². The molecular weight excluding hydrogens is 152 g/mol. The molecule has 1 saturated carbocycles. The standard InChI is InChI=1S/C10H20S/c1-4-8(2)9-5-6-10(7-9)11-3/h8-10H,4-7H2,1-3H3. The Bertz CT molecular complexity index is 111. The van der Waals surface area contributed by atoms with Crippen LogP contribution in [0.4, 0.5) is 0 Å². The van der Waals surface area contributed by atoms with E-state index in [2.05, 4.69) is 31.9 Å². The quantitative estimate of drug-likeness (QED) is 0.627. The van der Waals surface area contributed by atoms with E-state index in [1.165, 1.54) is 25.7 Å². The van der Waals surface area contributed by atoms with Crippen LogP contribution in [0.5, 0.6) is 0 Å². The second kappa shape index (κ2) is 4.39. The van der Waals surface area contributed by atoms with Crippen molar-refractivity contribution in [3.63, 3.8) is 0 Å². The van der Waals surface area contributed by atoms with Gasteiger partial charge in [0.1, 0.15) is 0 Å². The zero-order chi connectivity index (χ0) is 8.27. The van der Waals surface area contributed by atoms with Crippen LogP contribution in [0.25, 0.3) is 0 Å². The summed E-state index contributed by atoms with van der Waals surface area (Å²) in [4.78, 5) is 0. The molecule has 0 radical (unpaired) electrons. The Morgan fingerprint density at radius 2 is 2.18 bits per heavy atom. The van der Waals surface area contributed by atoms with Crippen molar-refractivity contribution in [2.45, 2.75) is 44.8 Å². The van der Waals surface area contributed by atoms with Gasteiger partial charge >= 0.3 is 0 Å². The van der Waals surface area contributed by atoms with Crippen molar-refractivity contribution in [2.75, 3.05) is 6.26 Å². The summed E-state index contributed by atoms with van der Waals surface area (Å²) < 4.78 is 0. The van der Waals surface area contributed by atoms with Gasteiger partial charge in [-0.1, -0.05) is 20.3 Å². The van der Waals surface area contributed by atoms with Crippen LogP contribution >= 0.6 is 11.8 Å². The van der Waals surface area contributed by atoms with Crippen molar-refractivity contribution < 1.29 is 0 Å². The molecule has 0 aromatic heterocycles. The minimum Gasteiger partial charge on any atom is -0.162 e. The molecule has 1 aliphatic carbocycles. The normalized spacial score (nSPS) is 34.1. The average molecular weight is 172 g/mol. The first-order valence-corrected chi connectivity index (χ1v) is 6.09. The van der Waals surface area contributed by atoms with Crippen LogP contribution in [0.3, 0.4) is 0 Å². The molecule has 11 heavy (non-hydrogen) atoms. The molecule has 0 saturated heterocycles. The third-order valence-electron chi connectivity index (χ3n) is 3.21. The highest BCUT2D eigenvalue weighted by atomic mass is 32.2. The second-order valence-electron chi connectivity index (χ2n) is 3.82. The van der Waals surface area contributed by atoms with Crippen molar-refractivity contribution in [3.05, 3.63) is 0 Å². The number of hydrogen-bond donors (Lipinski definition) is 0. The van der Waals surface area contributed by atoms with Crippen molar-refractivity contribution in [2.24, 2.45) is 11.8 Å². The molecule has 0 heterocycles. The summed E-state index contributed by atoms with van der Waals surface area (Å²) in [5.74, 6) is 2.00. The molecule has 1 rings (SSSR count). The van der Waals surface area contributed by atoms with Gasteiger partial charge in [-0.15, -0.1) is 0 Å². The molecular formula is C10H20S. The van der Waals surface area contributed by atoms with Gasteiger partial charge in [0, 0.05) is 5.25 Å². The smallest absolute Gasteiger partial charge is 0.00471 e. The molecule has 0 aromatic carbocycles. The minimum absolute atomic E-state index is 0.965. The highest BCUT2D eigenvalue weighted by Gasteiger charge is 2.26. The maximum atomic E-state index is 2.41. The van der Waals surface area contributed by atoms with E-state index in [1.54, 1.807) is 0 Å². The second-order valence-corrected chi connectivity index (χ2v) is 4.95. The Morgan fingerprint density at radius 1 is 1.45 bits per heavy atom. The molecule has 1 fully saturated rings. The van der Waals surface area contributed by atoms with Gasteiger partial charge in [0.2, 0.25) is 0 Å². The molecule has 66 valence electrons. The molecule has 0 aliphatic heterocycles. The van der Waals surface area contributed by atoms with E-state index >= 15 is 0 Å². The van der Waals surface area contributed by atoms with Gasteiger partial charge in [-0.3, -0.25) is 0 Å². The fraction of sp³-hybridized carbons (Fsp3) is 1.00. The Kier molecular flexibility index (Phi) is 3.77. The largest absolute Gasteiger partial charge is 0.162 e. The van der Waals surface area contributed by atoms with Gasteiger partial charge in [0.05, 0.1) is 0 Å². The summed E-state index contributed by atoms with van der Waals surface area (Å²) >= 11 is 2.06. The van der Waals surface area contributed by atoms with E-state index in [9.17, 15) is 0 Å². The predicted molar refractivity (Wildman–Crippen MR) is 54.1 cm³/mol. The van der Waals surface area contributed by atoms with E-state index in [0.29, 0.717) is 0 Å². The first-order chi connectivity index (χ1) is 5.27. The van der Waals surface area contributed by atoms with Crippen LogP contribution in [0, 0.1) is 11.8 Å². The molecule has 3 unspecified atom stereocenters. The van der Waals surface area contributed by atoms with Gasteiger partial charge in [0.25, 0.3) is 0 Å². The molecule has 0 bridgehead atoms. The van der Waals surface area contributed by atoms with Gasteiger partial charge in [-0.2, -0.15) is 11.8 Å². The third kappa shape index (κ3) is 2.40. The first-order valence-electron chi connectivity index (χ1n) is 4.80. The van der Waals surface area contributed by atoms with Crippen LogP contribution in [-0.2, 0) is 0 Å². The van der Waals surface area contributed by atoms with Crippen LogP contribution in [-0.4, -0.2) is 11.5 Å². The number of thioether (sulfide) groups is 1. The fourth-order valence-corrected chi connectivity index (χ4v) is 2.85. The van der Waals surface area contributed by atoms with Crippen molar-refractivity contribution >= 4 is 11.8 Å². The third-order valence-corrected chi connectivity index (χ3v) is 4.30. The van der Waals surface area contributed by atoms with Gasteiger partial charge in [-0.05, 0) is 37.4 Å². The van der Waals surface area contributed by atoms with Crippen molar-refractivity contribution in [1.29, 1.82) is 0 Å². The van der Waals surface area contributed by atoms with Gasteiger partial charge in [-0.25, -0.2) is 0 Å². The number of rotatable bonds is 3. The van der Waals surface area contributed by atoms with E-state index in [4.69, 9.17) is 0 Å². The molecule has 1 aliphatic rings. The molecule has 1 heteroatoms. The van der Waals surface area contributed by atoms with E-state index < -0.39 is 0 Å². The van der Waals surface area contributed by atoms with Crippen molar-refractivity contribution in [1.82, 2.24) is 0 Å². The first kappa shape index (κ1) is 9.44. The monoisotopic (exact) mass is 172 g/mol. The molecule has 0 amide bonds. The lowest BCUT2D eigenvalue weighted by atomic mass is 9.91. The van der Waals surface area contributed by atoms with Gasteiger partial charge < -0.3 is 0 Å². The van der Waals surface area contributed by atoms with Crippen LogP contribution in [0.15, 0.2) is 0 Å². The SMILES string of the molecule is CCC(C)C1CCC(SC)C1. The molecule has 0 nitrogen and oxygen atoms in total. The predicted octanol–water partition coefficient (Wildman–Crippen LogP) is 3.56. The maximum absolute atomic E-state index is 2.41. The summed E-state index contributed by atoms with van der Waals surface area (Å²) in [7, 11) is 0. The summed E-state index contributed by atoms with van der Waals surface area (Å²) in [5.41, 5.74) is 0.